The third-order valence-corrected chi connectivity index (χ3v) is 6.65. The number of aromatic nitrogens is 2. The van der Waals surface area contributed by atoms with Crippen LogP contribution in [0.3, 0.4) is 0 Å². The van der Waals surface area contributed by atoms with Crippen molar-refractivity contribution in [2.75, 3.05) is 0 Å². The smallest absolute Gasteiger partial charge is 0.251 e. The monoisotopic (exact) mass is 417 g/mol. The fourth-order valence-corrected chi connectivity index (χ4v) is 4.64. The van der Waals surface area contributed by atoms with Crippen molar-refractivity contribution in [3.05, 3.63) is 65.4 Å². The molecule has 0 aliphatic heterocycles. The molecular weight excluding hydrogens is 394 g/mol. The van der Waals surface area contributed by atoms with Gasteiger partial charge in [-0.15, -0.1) is 0 Å². The van der Waals surface area contributed by atoms with Crippen LogP contribution in [0.2, 0.25) is 0 Å². The van der Waals surface area contributed by atoms with Gasteiger partial charge in [-0.25, -0.2) is 0 Å². The lowest BCUT2D eigenvalue weighted by Gasteiger charge is -2.38. The molecule has 2 aliphatic carbocycles. The summed E-state index contributed by atoms with van der Waals surface area (Å²) in [5, 5.41) is 13.8. The van der Waals surface area contributed by atoms with Gasteiger partial charge in [-0.3, -0.25) is 19.5 Å². The maximum absolute atomic E-state index is 13.0. The van der Waals surface area contributed by atoms with E-state index in [1.165, 1.54) is 0 Å². The number of carbonyl (C=O) groups is 3. The van der Waals surface area contributed by atoms with E-state index in [0.717, 1.165) is 28.5 Å². The summed E-state index contributed by atoms with van der Waals surface area (Å²) in [5.74, 6) is -1.17. The van der Waals surface area contributed by atoms with Crippen molar-refractivity contribution in [1.29, 1.82) is 0 Å². The van der Waals surface area contributed by atoms with Gasteiger partial charge in [-0.2, -0.15) is 5.10 Å². The molecule has 2 aliphatic rings. The molecule has 2 aromatic carbocycles. The number of fused-ring (bicyclic) bond motifs is 2. The molecule has 8 nitrogen and oxygen atoms in total. The van der Waals surface area contributed by atoms with Gasteiger partial charge in [0.1, 0.15) is 5.41 Å². The van der Waals surface area contributed by atoms with E-state index in [4.69, 9.17) is 5.73 Å². The molecule has 2 atom stereocenters. The summed E-state index contributed by atoms with van der Waals surface area (Å²) in [5.41, 5.74) is 7.79. The minimum atomic E-state index is -1.14. The number of nitrogens with zero attached hydrogens (tertiary/aromatic N) is 1. The van der Waals surface area contributed by atoms with Crippen molar-refractivity contribution in [2.24, 2.45) is 11.1 Å². The van der Waals surface area contributed by atoms with Crippen LogP contribution in [0.1, 0.15) is 46.8 Å². The van der Waals surface area contributed by atoms with Gasteiger partial charge in [0, 0.05) is 10.9 Å². The molecule has 1 fully saturated rings. The van der Waals surface area contributed by atoms with Crippen LogP contribution in [0.5, 0.6) is 0 Å². The Morgan fingerprint density at radius 1 is 1.10 bits per heavy atom. The van der Waals surface area contributed by atoms with Gasteiger partial charge in [0.25, 0.3) is 5.91 Å². The third-order valence-electron chi connectivity index (χ3n) is 6.65. The van der Waals surface area contributed by atoms with E-state index in [-0.39, 0.29) is 17.9 Å². The zero-order valence-electron chi connectivity index (χ0n) is 16.9. The number of aromatic amines is 1. The SMILES string of the molecule is NC(=O)C1(C(=O)N[C@@H]2c3ccccc3C[C@H]2NC(=O)c2ccc3[nH]ncc3c2)CCC1. The number of hydrogen-bond donors (Lipinski definition) is 4. The van der Waals surface area contributed by atoms with Gasteiger partial charge < -0.3 is 16.4 Å². The summed E-state index contributed by atoms with van der Waals surface area (Å²) in [6.45, 7) is 0. The topological polar surface area (TPSA) is 130 Å². The highest BCUT2D eigenvalue weighted by Gasteiger charge is 2.51. The van der Waals surface area contributed by atoms with Gasteiger partial charge in [-0.1, -0.05) is 30.7 Å². The maximum Gasteiger partial charge on any atom is 0.251 e. The number of nitrogens with one attached hydrogen (secondary N) is 3. The Bertz CT molecular complexity index is 1200. The van der Waals surface area contributed by atoms with Crippen molar-refractivity contribution < 1.29 is 14.4 Å². The lowest BCUT2D eigenvalue weighted by atomic mass is 9.67. The van der Waals surface area contributed by atoms with E-state index in [2.05, 4.69) is 20.8 Å². The predicted molar refractivity (Wildman–Crippen MR) is 114 cm³/mol. The van der Waals surface area contributed by atoms with Crippen molar-refractivity contribution in [3.63, 3.8) is 0 Å². The quantitative estimate of drug-likeness (QED) is 0.471. The van der Waals surface area contributed by atoms with E-state index in [9.17, 15) is 14.4 Å². The van der Waals surface area contributed by atoms with Crippen molar-refractivity contribution in [2.45, 2.75) is 37.8 Å². The van der Waals surface area contributed by atoms with Crippen molar-refractivity contribution >= 4 is 28.6 Å². The Kier molecular flexibility index (Phi) is 4.50. The first-order chi connectivity index (χ1) is 15.0. The van der Waals surface area contributed by atoms with Crippen molar-refractivity contribution in [3.8, 4) is 0 Å². The van der Waals surface area contributed by atoms with Crippen LogP contribution in [-0.2, 0) is 16.0 Å². The summed E-state index contributed by atoms with van der Waals surface area (Å²) < 4.78 is 0. The van der Waals surface area contributed by atoms with E-state index in [1.54, 1.807) is 18.3 Å². The summed E-state index contributed by atoms with van der Waals surface area (Å²) in [6.07, 6.45) is 3.98. The van der Waals surface area contributed by atoms with Crippen LogP contribution >= 0.6 is 0 Å². The molecule has 0 saturated heterocycles. The number of H-pyrrole nitrogens is 1. The second-order valence-electron chi connectivity index (χ2n) is 8.41. The molecule has 3 amide bonds. The summed E-state index contributed by atoms with van der Waals surface area (Å²) in [7, 11) is 0. The standard InChI is InChI=1S/C23H23N5O3/c24-21(30)23(8-3-9-23)22(31)27-19-16-5-2-1-4-13(16)11-18(19)26-20(29)14-6-7-17-15(10-14)12-25-28-17/h1-2,4-7,10,12,18-19H,3,8-9,11H2,(H2,24,30)(H,25,28)(H,26,29)(H,27,31)/t18-,19-/m1/s1. The molecule has 3 aromatic rings. The number of hydrogen-bond acceptors (Lipinski definition) is 4. The lowest BCUT2D eigenvalue weighted by molar-refractivity contribution is -0.148. The van der Waals surface area contributed by atoms with Crippen molar-refractivity contribution in [1.82, 2.24) is 20.8 Å². The molecule has 1 heterocycles. The number of rotatable bonds is 5. The number of primary amides is 1. The number of nitrogens with two attached hydrogens (primary N) is 1. The fourth-order valence-electron chi connectivity index (χ4n) is 4.64. The van der Waals surface area contributed by atoms with E-state index in [0.29, 0.717) is 24.8 Å². The first-order valence-electron chi connectivity index (χ1n) is 10.4. The fraction of sp³-hybridized carbons (Fsp3) is 0.304. The maximum atomic E-state index is 13.0. The molecule has 1 saturated carbocycles. The molecule has 158 valence electrons. The predicted octanol–water partition coefficient (Wildman–Crippen LogP) is 1.73. The van der Waals surface area contributed by atoms with Crippen LogP contribution < -0.4 is 16.4 Å². The average Bonchev–Trinajstić information content (AvgIpc) is 3.31. The molecule has 8 heteroatoms. The minimum absolute atomic E-state index is 0.228. The Hall–Kier alpha value is -3.68. The molecule has 1 aromatic heterocycles. The molecule has 31 heavy (non-hydrogen) atoms. The largest absolute Gasteiger partial charge is 0.369 e. The second-order valence-corrected chi connectivity index (χ2v) is 8.41. The minimum Gasteiger partial charge on any atom is -0.369 e. The molecule has 0 radical (unpaired) electrons. The van der Waals surface area contributed by atoms with Crippen LogP contribution in [0.15, 0.2) is 48.7 Å². The van der Waals surface area contributed by atoms with Crippen LogP contribution in [0.25, 0.3) is 10.9 Å². The van der Waals surface area contributed by atoms with E-state index in [1.807, 2.05) is 30.3 Å². The van der Waals surface area contributed by atoms with Crippen LogP contribution in [0, 0.1) is 5.41 Å². The number of carbonyl (C=O) groups excluding carboxylic acids is 3. The van der Waals surface area contributed by atoms with E-state index < -0.39 is 17.4 Å². The Morgan fingerprint density at radius 3 is 2.65 bits per heavy atom. The number of benzene rings is 2. The number of amides is 3. The van der Waals surface area contributed by atoms with Gasteiger partial charge in [-0.05, 0) is 48.6 Å². The molecule has 0 spiro atoms. The van der Waals surface area contributed by atoms with Gasteiger partial charge in [0.2, 0.25) is 11.8 Å². The second kappa shape index (κ2) is 7.23. The first kappa shape index (κ1) is 19.3. The van der Waals surface area contributed by atoms with Gasteiger partial charge in [0.05, 0.1) is 23.8 Å². The highest BCUT2D eigenvalue weighted by Crippen LogP contribution is 2.42. The van der Waals surface area contributed by atoms with Crippen LogP contribution in [0.4, 0.5) is 0 Å². The zero-order chi connectivity index (χ0) is 21.6. The first-order valence-corrected chi connectivity index (χ1v) is 10.4. The normalized spacial score (nSPS) is 21.2. The molecule has 0 bridgehead atoms. The molecule has 5 rings (SSSR count). The average molecular weight is 417 g/mol. The summed E-state index contributed by atoms with van der Waals surface area (Å²) in [4.78, 5) is 38.0. The highest BCUT2D eigenvalue weighted by molar-refractivity contribution is 6.05. The van der Waals surface area contributed by atoms with Gasteiger partial charge in [0.15, 0.2) is 0 Å². The Morgan fingerprint density at radius 2 is 1.90 bits per heavy atom. The third kappa shape index (κ3) is 3.15. The highest BCUT2D eigenvalue weighted by atomic mass is 16.2. The Labute approximate surface area is 178 Å². The lowest BCUT2D eigenvalue weighted by Crippen LogP contribution is -2.56. The molecule has 0 unspecified atom stereocenters. The summed E-state index contributed by atoms with van der Waals surface area (Å²) >= 11 is 0. The van der Waals surface area contributed by atoms with Gasteiger partial charge >= 0.3 is 0 Å². The summed E-state index contributed by atoms with van der Waals surface area (Å²) in [6, 6.07) is 12.3. The molecular formula is C23H23N5O3. The zero-order valence-corrected chi connectivity index (χ0v) is 16.9. The van der Waals surface area contributed by atoms with E-state index >= 15 is 0 Å². The van der Waals surface area contributed by atoms with Crippen LogP contribution in [-0.4, -0.2) is 34.0 Å². The Balaban J connectivity index is 1.39. The molecule has 5 N–H and O–H groups in total.